The molecule has 0 saturated heterocycles. The third-order valence-corrected chi connectivity index (χ3v) is 6.59. The van der Waals surface area contributed by atoms with Gasteiger partial charge in [0.15, 0.2) is 18.1 Å². The molecule has 0 bridgehead atoms. The van der Waals surface area contributed by atoms with E-state index >= 15 is 0 Å². The molecule has 1 unspecified atom stereocenters. The molecule has 0 fully saturated rings. The number of hydrogen-bond acceptors (Lipinski definition) is 5. The van der Waals surface area contributed by atoms with Crippen LogP contribution in [0.2, 0.25) is 0 Å². The lowest BCUT2D eigenvalue weighted by molar-refractivity contribution is -0.118. The fourth-order valence-corrected chi connectivity index (χ4v) is 5.54. The second kappa shape index (κ2) is 7.37. The normalized spacial score (nSPS) is 19.1. The van der Waals surface area contributed by atoms with Crippen LogP contribution in [-0.2, 0) is 24.1 Å². The Kier molecular flexibility index (Phi) is 5.02. The van der Waals surface area contributed by atoms with E-state index in [4.69, 9.17) is 15.2 Å². The number of carbonyl (C=O) groups excluding carboxylic acids is 2. The van der Waals surface area contributed by atoms with Gasteiger partial charge in [-0.3, -0.25) is 9.59 Å². The zero-order chi connectivity index (χ0) is 20.8. The number of thiophene rings is 1. The van der Waals surface area contributed by atoms with E-state index in [1.165, 1.54) is 11.3 Å². The first-order chi connectivity index (χ1) is 13.7. The molecule has 2 heterocycles. The van der Waals surface area contributed by atoms with Crippen molar-refractivity contribution >= 4 is 28.2 Å². The third-order valence-electron chi connectivity index (χ3n) is 5.42. The molecule has 4 rings (SSSR count). The third kappa shape index (κ3) is 3.96. The molecule has 2 amide bonds. The van der Waals surface area contributed by atoms with Crippen molar-refractivity contribution in [3.05, 3.63) is 39.8 Å². The van der Waals surface area contributed by atoms with Crippen LogP contribution >= 0.6 is 11.3 Å². The number of amides is 2. The molecule has 3 N–H and O–H groups in total. The van der Waals surface area contributed by atoms with Crippen molar-refractivity contribution in [2.45, 2.75) is 52.1 Å². The van der Waals surface area contributed by atoms with Crippen molar-refractivity contribution in [3.63, 3.8) is 0 Å². The average molecular weight is 415 g/mol. The Labute approximate surface area is 174 Å². The lowest BCUT2D eigenvalue weighted by Crippen LogP contribution is -2.25. The molecule has 154 valence electrons. The fraction of sp³-hybridized carbons (Fsp3) is 0.455. The molecule has 1 atom stereocenters. The Balaban J connectivity index is 1.47. The van der Waals surface area contributed by atoms with Gasteiger partial charge in [0, 0.05) is 16.9 Å². The average Bonchev–Trinajstić information content (AvgIpc) is 3.14. The Morgan fingerprint density at radius 2 is 2.17 bits per heavy atom. The quantitative estimate of drug-likeness (QED) is 0.780. The largest absolute Gasteiger partial charge is 0.483 e. The van der Waals surface area contributed by atoms with Crippen LogP contribution in [-0.4, -0.2) is 24.0 Å². The van der Waals surface area contributed by atoms with Crippen LogP contribution in [0.25, 0.3) is 0 Å². The second-order valence-corrected chi connectivity index (χ2v) is 9.65. The molecule has 0 saturated carbocycles. The van der Waals surface area contributed by atoms with Gasteiger partial charge in [-0.15, -0.1) is 11.3 Å². The predicted molar refractivity (Wildman–Crippen MR) is 113 cm³/mol. The standard InChI is InChI=1S/C22H26N2O4S/c1-12-7-8-14-16(9-12)29-21(18(14)20(23)26)24-17(25)11-27-15-6-4-5-13-10-22(2,3)28-19(13)15/h4-6,12H,7-11H2,1-3H3,(H2,23,26)(H,24,25). The molecule has 1 aromatic carbocycles. The summed E-state index contributed by atoms with van der Waals surface area (Å²) in [5, 5.41) is 3.36. The highest BCUT2D eigenvalue weighted by atomic mass is 32.1. The van der Waals surface area contributed by atoms with Gasteiger partial charge in [-0.25, -0.2) is 0 Å². The number of hydrogen-bond donors (Lipinski definition) is 2. The number of nitrogens with two attached hydrogens (primary N) is 1. The van der Waals surface area contributed by atoms with Crippen LogP contribution in [0.1, 0.15) is 53.6 Å². The van der Waals surface area contributed by atoms with Crippen LogP contribution in [0.15, 0.2) is 18.2 Å². The van der Waals surface area contributed by atoms with Crippen molar-refractivity contribution in [3.8, 4) is 11.5 Å². The molecule has 7 heteroatoms. The zero-order valence-electron chi connectivity index (χ0n) is 17.0. The smallest absolute Gasteiger partial charge is 0.262 e. The fourth-order valence-electron chi connectivity index (χ4n) is 4.11. The van der Waals surface area contributed by atoms with Crippen LogP contribution in [0.5, 0.6) is 11.5 Å². The number of benzene rings is 1. The Morgan fingerprint density at radius 1 is 1.38 bits per heavy atom. The van der Waals surface area contributed by atoms with E-state index < -0.39 is 5.91 Å². The summed E-state index contributed by atoms with van der Waals surface area (Å²) in [6, 6.07) is 5.71. The molecule has 6 nitrogen and oxygen atoms in total. The minimum atomic E-state index is -0.496. The first kappa shape index (κ1) is 19.8. The van der Waals surface area contributed by atoms with E-state index in [0.717, 1.165) is 41.7 Å². The number of anilines is 1. The molecular formula is C22H26N2O4S. The first-order valence-corrected chi connectivity index (χ1v) is 10.7. The van der Waals surface area contributed by atoms with Gasteiger partial charge >= 0.3 is 0 Å². The lowest BCUT2D eigenvalue weighted by Gasteiger charge is -2.18. The Hall–Kier alpha value is -2.54. The maximum absolute atomic E-state index is 12.5. The van der Waals surface area contributed by atoms with E-state index in [2.05, 4.69) is 12.2 Å². The van der Waals surface area contributed by atoms with Crippen molar-refractivity contribution in [1.29, 1.82) is 0 Å². The van der Waals surface area contributed by atoms with Crippen molar-refractivity contribution in [2.75, 3.05) is 11.9 Å². The monoisotopic (exact) mass is 414 g/mol. The summed E-state index contributed by atoms with van der Waals surface area (Å²) in [5.41, 5.74) is 7.85. The number of fused-ring (bicyclic) bond motifs is 2. The molecule has 2 aromatic rings. The number of rotatable bonds is 5. The summed E-state index contributed by atoms with van der Waals surface area (Å²) >= 11 is 1.45. The molecule has 29 heavy (non-hydrogen) atoms. The summed E-state index contributed by atoms with van der Waals surface area (Å²) in [4.78, 5) is 25.7. The highest BCUT2D eigenvalue weighted by molar-refractivity contribution is 7.17. The molecule has 1 aromatic heterocycles. The van der Waals surface area contributed by atoms with Gasteiger partial charge in [0.1, 0.15) is 10.6 Å². The minimum Gasteiger partial charge on any atom is -0.483 e. The molecular weight excluding hydrogens is 388 g/mol. The van der Waals surface area contributed by atoms with E-state index in [-0.39, 0.29) is 18.1 Å². The van der Waals surface area contributed by atoms with Gasteiger partial charge in [-0.1, -0.05) is 19.1 Å². The van der Waals surface area contributed by atoms with Crippen LogP contribution in [0.4, 0.5) is 5.00 Å². The van der Waals surface area contributed by atoms with Crippen LogP contribution in [0.3, 0.4) is 0 Å². The zero-order valence-corrected chi connectivity index (χ0v) is 17.8. The van der Waals surface area contributed by atoms with Crippen molar-refractivity contribution in [2.24, 2.45) is 11.7 Å². The Morgan fingerprint density at radius 3 is 2.93 bits per heavy atom. The molecule has 2 aliphatic rings. The number of carbonyl (C=O) groups is 2. The molecule has 0 spiro atoms. The van der Waals surface area contributed by atoms with E-state index in [1.54, 1.807) is 6.07 Å². The Bertz CT molecular complexity index is 979. The van der Waals surface area contributed by atoms with Gasteiger partial charge in [-0.05, 0) is 50.7 Å². The number of nitrogens with one attached hydrogen (secondary N) is 1. The van der Waals surface area contributed by atoms with Crippen LogP contribution < -0.4 is 20.5 Å². The molecule has 1 aliphatic heterocycles. The maximum Gasteiger partial charge on any atom is 0.262 e. The summed E-state index contributed by atoms with van der Waals surface area (Å²) in [6.07, 6.45) is 3.56. The van der Waals surface area contributed by atoms with Crippen molar-refractivity contribution in [1.82, 2.24) is 0 Å². The highest BCUT2D eigenvalue weighted by Gasteiger charge is 2.32. The van der Waals surface area contributed by atoms with Crippen LogP contribution in [0, 0.1) is 5.92 Å². The maximum atomic E-state index is 12.5. The summed E-state index contributed by atoms with van der Waals surface area (Å²) < 4.78 is 11.7. The molecule has 0 radical (unpaired) electrons. The number of para-hydroxylation sites is 1. The van der Waals surface area contributed by atoms with Gasteiger partial charge < -0.3 is 20.5 Å². The van der Waals surface area contributed by atoms with Gasteiger partial charge in [0.2, 0.25) is 0 Å². The summed E-state index contributed by atoms with van der Waals surface area (Å²) in [7, 11) is 0. The van der Waals surface area contributed by atoms with Gasteiger partial charge in [-0.2, -0.15) is 0 Å². The van der Waals surface area contributed by atoms with Crippen molar-refractivity contribution < 1.29 is 19.1 Å². The predicted octanol–water partition coefficient (Wildman–Crippen LogP) is 3.70. The van der Waals surface area contributed by atoms with Gasteiger partial charge in [0.05, 0.1) is 5.56 Å². The SMILES string of the molecule is CC1CCc2c(sc(NC(=O)COc3cccc4c3OC(C)(C)C4)c2C(N)=O)C1. The van der Waals surface area contributed by atoms with E-state index in [0.29, 0.717) is 28.0 Å². The number of ether oxygens (including phenoxy) is 2. The first-order valence-electron chi connectivity index (χ1n) is 9.91. The lowest BCUT2D eigenvalue weighted by atomic mass is 9.88. The minimum absolute atomic E-state index is 0.169. The van der Waals surface area contributed by atoms with Gasteiger partial charge in [0.25, 0.3) is 11.8 Å². The summed E-state index contributed by atoms with van der Waals surface area (Å²) in [5.74, 6) is 0.998. The summed E-state index contributed by atoms with van der Waals surface area (Å²) in [6.45, 7) is 6.07. The topological polar surface area (TPSA) is 90.7 Å². The second-order valence-electron chi connectivity index (χ2n) is 8.54. The highest BCUT2D eigenvalue weighted by Crippen LogP contribution is 2.42. The van der Waals surface area contributed by atoms with E-state index in [9.17, 15) is 9.59 Å². The number of primary amides is 1. The molecule has 1 aliphatic carbocycles. The van der Waals surface area contributed by atoms with E-state index in [1.807, 2.05) is 26.0 Å².